The van der Waals surface area contributed by atoms with Gasteiger partial charge in [0.1, 0.15) is 6.79 Å². The second kappa shape index (κ2) is 15.8. The van der Waals surface area contributed by atoms with Crippen molar-refractivity contribution in [3.63, 3.8) is 0 Å². The molecule has 1 fully saturated rings. The molecule has 2 atom stereocenters. The monoisotopic (exact) mass is 384 g/mol. The molecule has 0 radical (unpaired) electrons. The highest BCUT2D eigenvalue weighted by Gasteiger charge is 2.19. The predicted octanol–water partition coefficient (Wildman–Crippen LogP) is 0.393. The van der Waals surface area contributed by atoms with Crippen molar-refractivity contribution in [3.05, 3.63) is 30.1 Å². The highest BCUT2D eigenvalue weighted by atomic mass is 31.0. The number of nitrogens with zero attached hydrogens (tertiary/aromatic N) is 3. The predicted molar refractivity (Wildman–Crippen MR) is 108 cm³/mol. The molecule has 26 heavy (non-hydrogen) atoms. The fourth-order valence-corrected chi connectivity index (χ4v) is 2.69. The summed E-state index contributed by atoms with van der Waals surface area (Å²) in [6.07, 6.45) is 3.56. The SMILES string of the molecule is C=O.CC.O=C(CP)NCC(O)CN1CCN(Cc2cccnc2)CC1. The van der Waals surface area contributed by atoms with E-state index in [0.717, 1.165) is 32.7 Å². The van der Waals surface area contributed by atoms with Gasteiger partial charge in [0.2, 0.25) is 5.91 Å². The maximum absolute atomic E-state index is 11.2. The van der Waals surface area contributed by atoms with Crippen LogP contribution in [0.1, 0.15) is 19.4 Å². The fraction of sp³-hybridized carbons (Fsp3) is 0.611. The van der Waals surface area contributed by atoms with Crippen LogP contribution in [-0.2, 0) is 16.1 Å². The first-order valence-corrected chi connectivity index (χ1v) is 9.76. The van der Waals surface area contributed by atoms with Crippen molar-refractivity contribution in [2.75, 3.05) is 45.4 Å². The van der Waals surface area contributed by atoms with Crippen molar-refractivity contribution < 1.29 is 14.7 Å². The van der Waals surface area contributed by atoms with Crippen LogP contribution in [-0.4, -0.2) is 84.1 Å². The van der Waals surface area contributed by atoms with Crippen LogP contribution in [0.4, 0.5) is 0 Å². The highest BCUT2D eigenvalue weighted by Crippen LogP contribution is 2.07. The Morgan fingerprint density at radius 2 is 1.92 bits per heavy atom. The molecule has 0 aliphatic carbocycles. The molecule has 2 rings (SSSR count). The van der Waals surface area contributed by atoms with Gasteiger partial charge in [0.15, 0.2) is 0 Å². The zero-order valence-electron chi connectivity index (χ0n) is 15.9. The number of hydrogen-bond acceptors (Lipinski definition) is 6. The molecular formula is C18H33N4O3P. The Hall–Kier alpha value is -1.40. The molecule has 2 heterocycles. The number of aliphatic hydroxyl groups is 1. The Bertz CT molecular complexity index is 471. The largest absolute Gasteiger partial charge is 0.390 e. The van der Waals surface area contributed by atoms with Crippen molar-refractivity contribution in [2.45, 2.75) is 26.5 Å². The molecule has 1 aliphatic rings. The van der Waals surface area contributed by atoms with Gasteiger partial charge < -0.3 is 15.2 Å². The lowest BCUT2D eigenvalue weighted by molar-refractivity contribution is -0.119. The number of piperazine rings is 1. The fourth-order valence-electron chi connectivity index (χ4n) is 2.55. The van der Waals surface area contributed by atoms with Gasteiger partial charge in [-0.2, -0.15) is 0 Å². The van der Waals surface area contributed by atoms with Crippen molar-refractivity contribution in [1.29, 1.82) is 0 Å². The van der Waals surface area contributed by atoms with Crippen LogP contribution in [0.3, 0.4) is 0 Å². The molecule has 1 amide bonds. The first kappa shape index (κ1) is 24.6. The number of carbonyl (C=O) groups is 2. The van der Waals surface area contributed by atoms with Crippen LogP contribution in [0, 0.1) is 0 Å². The van der Waals surface area contributed by atoms with Crippen molar-refractivity contribution in [3.8, 4) is 0 Å². The molecule has 1 aromatic rings. The molecule has 148 valence electrons. The quantitative estimate of drug-likeness (QED) is 0.662. The zero-order chi connectivity index (χ0) is 19.8. The van der Waals surface area contributed by atoms with Crippen molar-refractivity contribution >= 4 is 21.9 Å². The van der Waals surface area contributed by atoms with E-state index in [4.69, 9.17) is 4.79 Å². The Labute approximate surface area is 159 Å². The van der Waals surface area contributed by atoms with E-state index < -0.39 is 6.10 Å². The van der Waals surface area contributed by atoms with Gasteiger partial charge >= 0.3 is 0 Å². The zero-order valence-corrected chi connectivity index (χ0v) is 17.1. The van der Waals surface area contributed by atoms with E-state index in [1.807, 2.05) is 32.9 Å². The number of hydrogen-bond donors (Lipinski definition) is 2. The van der Waals surface area contributed by atoms with Crippen molar-refractivity contribution in [2.24, 2.45) is 0 Å². The molecule has 2 unspecified atom stereocenters. The van der Waals surface area contributed by atoms with E-state index >= 15 is 0 Å². The van der Waals surface area contributed by atoms with Gasteiger partial charge in [0.25, 0.3) is 0 Å². The van der Waals surface area contributed by atoms with Gasteiger partial charge in [-0.05, 0) is 11.6 Å². The van der Waals surface area contributed by atoms with Gasteiger partial charge in [-0.1, -0.05) is 19.9 Å². The van der Waals surface area contributed by atoms with Gasteiger partial charge in [-0.15, -0.1) is 9.24 Å². The van der Waals surface area contributed by atoms with Crippen LogP contribution in [0.15, 0.2) is 24.5 Å². The number of carbonyl (C=O) groups excluding carboxylic acids is 2. The van der Waals surface area contributed by atoms with E-state index in [1.165, 1.54) is 5.56 Å². The Balaban J connectivity index is 0.00000146. The van der Waals surface area contributed by atoms with Gasteiger partial charge in [0.05, 0.1) is 6.10 Å². The standard InChI is InChI=1S/C15H25N4O2P.C2H6.CH2O/c20-14(9-17-15(21)12-22)11-19-6-4-18(5-7-19)10-13-2-1-3-16-8-13;2*1-2/h1-3,8,14,20H,4-7,9-12,22H2,(H,17,21);1-2H3;1H2. The summed E-state index contributed by atoms with van der Waals surface area (Å²) in [7, 11) is 2.38. The lowest BCUT2D eigenvalue weighted by atomic mass is 10.2. The van der Waals surface area contributed by atoms with Gasteiger partial charge in [0, 0.05) is 64.4 Å². The van der Waals surface area contributed by atoms with Crippen LogP contribution >= 0.6 is 9.24 Å². The summed E-state index contributed by atoms with van der Waals surface area (Å²) in [5.74, 6) is -0.0506. The number of amides is 1. The van der Waals surface area contributed by atoms with Crippen LogP contribution in [0.25, 0.3) is 0 Å². The number of pyridine rings is 1. The third-order valence-corrected chi connectivity index (χ3v) is 4.15. The lowest BCUT2D eigenvalue weighted by Crippen LogP contribution is -2.49. The minimum Gasteiger partial charge on any atom is -0.390 e. The van der Waals surface area contributed by atoms with Crippen LogP contribution < -0.4 is 5.32 Å². The molecule has 0 bridgehead atoms. The van der Waals surface area contributed by atoms with E-state index in [-0.39, 0.29) is 5.91 Å². The molecule has 0 aromatic carbocycles. The Kier molecular flexibility index (Phi) is 15.0. The normalized spacial score (nSPS) is 15.7. The average molecular weight is 384 g/mol. The topological polar surface area (TPSA) is 85.8 Å². The number of aliphatic hydroxyl groups excluding tert-OH is 1. The minimum atomic E-state index is -0.509. The summed E-state index contributed by atoms with van der Waals surface area (Å²) in [4.78, 5) is 27.9. The number of aromatic nitrogens is 1. The van der Waals surface area contributed by atoms with Crippen LogP contribution in [0.5, 0.6) is 0 Å². The second-order valence-electron chi connectivity index (χ2n) is 5.60. The van der Waals surface area contributed by atoms with Gasteiger partial charge in [-0.25, -0.2) is 0 Å². The van der Waals surface area contributed by atoms with E-state index in [9.17, 15) is 9.90 Å². The number of β-amino-alcohol motifs (C(OH)–C–C–N with tert-alkyl or cyclic N) is 1. The third kappa shape index (κ3) is 10.6. The maximum Gasteiger partial charge on any atom is 0.223 e. The number of nitrogens with one attached hydrogen (secondary N) is 1. The molecular weight excluding hydrogens is 351 g/mol. The molecule has 1 saturated heterocycles. The third-order valence-electron chi connectivity index (χ3n) is 3.78. The molecule has 0 spiro atoms. The summed E-state index contributed by atoms with van der Waals surface area (Å²) in [5, 5.41) is 12.7. The second-order valence-corrected chi connectivity index (χ2v) is 6.01. The number of rotatable bonds is 7. The van der Waals surface area contributed by atoms with E-state index in [2.05, 4.69) is 35.4 Å². The summed E-state index contributed by atoms with van der Waals surface area (Å²) in [6.45, 7) is 11.7. The molecule has 0 saturated carbocycles. The molecule has 2 N–H and O–H groups in total. The lowest BCUT2D eigenvalue weighted by Gasteiger charge is -2.35. The molecule has 1 aliphatic heterocycles. The van der Waals surface area contributed by atoms with Crippen molar-refractivity contribution in [1.82, 2.24) is 20.1 Å². The minimum absolute atomic E-state index is 0.0506. The average Bonchev–Trinajstić information content (AvgIpc) is 2.71. The van der Waals surface area contributed by atoms with E-state index in [0.29, 0.717) is 19.3 Å². The first-order chi connectivity index (χ1) is 12.7. The van der Waals surface area contributed by atoms with Gasteiger partial charge in [-0.3, -0.25) is 19.6 Å². The summed E-state index contributed by atoms with van der Waals surface area (Å²) in [6, 6.07) is 4.06. The smallest absolute Gasteiger partial charge is 0.223 e. The highest BCUT2D eigenvalue weighted by molar-refractivity contribution is 7.18. The first-order valence-electron chi connectivity index (χ1n) is 8.94. The summed E-state index contributed by atoms with van der Waals surface area (Å²) >= 11 is 0. The summed E-state index contributed by atoms with van der Waals surface area (Å²) < 4.78 is 0. The van der Waals surface area contributed by atoms with E-state index in [1.54, 1.807) is 6.20 Å². The summed E-state index contributed by atoms with van der Waals surface area (Å²) in [5.41, 5.74) is 1.23. The molecule has 1 aromatic heterocycles. The molecule has 7 nitrogen and oxygen atoms in total. The maximum atomic E-state index is 11.2. The molecule has 8 heteroatoms. The Morgan fingerprint density at radius 1 is 1.31 bits per heavy atom. The van der Waals surface area contributed by atoms with Crippen LogP contribution in [0.2, 0.25) is 0 Å². The Morgan fingerprint density at radius 3 is 2.46 bits per heavy atom.